The van der Waals surface area contributed by atoms with Gasteiger partial charge in [0.2, 0.25) is 5.91 Å². The minimum Gasteiger partial charge on any atom is -0.465 e. The fourth-order valence-corrected chi connectivity index (χ4v) is 3.98. The number of rotatable bonds is 6. The molecule has 2 heterocycles. The van der Waals surface area contributed by atoms with E-state index in [-0.39, 0.29) is 5.91 Å². The summed E-state index contributed by atoms with van der Waals surface area (Å²) in [7, 11) is 1.36. The third kappa shape index (κ3) is 4.55. The van der Waals surface area contributed by atoms with E-state index in [0.717, 1.165) is 49.6 Å². The Hall–Kier alpha value is -1.44. The van der Waals surface area contributed by atoms with Crippen LogP contribution in [0.2, 0.25) is 0 Å². The van der Waals surface area contributed by atoms with Crippen LogP contribution in [0.15, 0.2) is 0 Å². The zero-order chi connectivity index (χ0) is 17.7. The first-order valence-electron chi connectivity index (χ1n) is 8.39. The smallest absolute Gasteiger partial charge is 0.341 e. The highest BCUT2D eigenvalue weighted by Crippen LogP contribution is 2.32. The molecule has 0 bridgehead atoms. The first-order chi connectivity index (χ1) is 11.5. The summed E-state index contributed by atoms with van der Waals surface area (Å²) in [6.07, 6.45) is 1.16. The molecular weight excluding hydrogens is 326 g/mol. The molecule has 6 nitrogen and oxygen atoms in total. The van der Waals surface area contributed by atoms with Gasteiger partial charge >= 0.3 is 5.97 Å². The van der Waals surface area contributed by atoms with E-state index in [1.807, 2.05) is 13.8 Å². The first kappa shape index (κ1) is 18.9. The molecule has 1 N–H and O–H groups in total. The summed E-state index contributed by atoms with van der Waals surface area (Å²) < 4.78 is 4.84. The summed E-state index contributed by atoms with van der Waals surface area (Å²) >= 11 is 1.42. The molecule has 1 aliphatic heterocycles. The number of aryl methyl sites for hydroxylation is 1. The Morgan fingerprint density at radius 1 is 1.17 bits per heavy atom. The number of thiophene rings is 1. The number of piperazine rings is 1. The fourth-order valence-electron chi connectivity index (χ4n) is 2.92. The van der Waals surface area contributed by atoms with E-state index in [4.69, 9.17) is 4.74 Å². The molecule has 0 radical (unpaired) electrons. The number of methoxy groups -OCH3 is 1. The van der Waals surface area contributed by atoms with Crippen LogP contribution >= 0.6 is 11.3 Å². The normalized spacial score (nSPS) is 16.2. The molecule has 0 unspecified atom stereocenters. The third-order valence-electron chi connectivity index (χ3n) is 4.40. The molecule has 0 spiro atoms. The fraction of sp³-hybridized carbons (Fsp3) is 0.647. The summed E-state index contributed by atoms with van der Waals surface area (Å²) in [6, 6.07) is 0. The number of nitrogens with zero attached hydrogens (tertiary/aromatic N) is 2. The Balaban J connectivity index is 1.94. The summed E-state index contributed by atoms with van der Waals surface area (Å²) in [5.41, 5.74) is 1.34. The largest absolute Gasteiger partial charge is 0.465 e. The van der Waals surface area contributed by atoms with E-state index >= 15 is 0 Å². The number of hydrogen-bond donors (Lipinski definition) is 1. The molecule has 134 valence electrons. The van der Waals surface area contributed by atoms with Crippen LogP contribution in [0.1, 0.15) is 34.1 Å². The van der Waals surface area contributed by atoms with Gasteiger partial charge in [0.05, 0.1) is 19.2 Å². The van der Waals surface area contributed by atoms with Crippen LogP contribution in [-0.2, 0) is 9.53 Å². The number of carbonyl (C=O) groups is 2. The summed E-state index contributed by atoms with van der Waals surface area (Å²) in [5, 5.41) is 3.48. The number of amides is 1. The van der Waals surface area contributed by atoms with Crippen LogP contribution < -0.4 is 5.32 Å². The van der Waals surface area contributed by atoms with Crippen molar-refractivity contribution in [2.24, 2.45) is 0 Å². The Morgan fingerprint density at radius 3 is 2.38 bits per heavy atom. The van der Waals surface area contributed by atoms with Crippen LogP contribution in [0.3, 0.4) is 0 Å². The van der Waals surface area contributed by atoms with Crippen molar-refractivity contribution in [1.82, 2.24) is 9.80 Å². The maximum absolute atomic E-state index is 12.4. The van der Waals surface area contributed by atoms with Gasteiger partial charge in [-0.15, -0.1) is 11.3 Å². The highest BCUT2D eigenvalue weighted by molar-refractivity contribution is 7.16. The first-order valence-corrected chi connectivity index (χ1v) is 9.20. The topological polar surface area (TPSA) is 61.9 Å². The highest BCUT2D eigenvalue weighted by Gasteiger charge is 2.23. The van der Waals surface area contributed by atoms with Crippen molar-refractivity contribution < 1.29 is 14.3 Å². The molecule has 1 aromatic heterocycles. The quantitative estimate of drug-likeness (QED) is 0.794. The predicted octanol–water partition coefficient (Wildman–Crippen LogP) is 2.12. The Labute approximate surface area is 147 Å². The molecule has 0 aliphatic carbocycles. The van der Waals surface area contributed by atoms with Crippen molar-refractivity contribution in [2.45, 2.75) is 27.2 Å². The number of hydrogen-bond acceptors (Lipinski definition) is 6. The Morgan fingerprint density at radius 2 is 1.79 bits per heavy atom. The summed E-state index contributed by atoms with van der Waals surface area (Å²) in [5.74, 6) is -0.481. The Kier molecular flexibility index (Phi) is 6.77. The third-order valence-corrected chi connectivity index (χ3v) is 5.52. The van der Waals surface area contributed by atoms with Gasteiger partial charge in [-0.05, 0) is 32.4 Å². The van der Waals surface area contributed by atoms with E-state index < -0.39 is 5.97 Å². The maximum Gasteiger partial charge on any atom is 0.341 e. The second-order valence-electron chi connectivity index (χ2n) is 6.14. The molecule has 24 heavy (non-hydrogen) atoms. The molecule has 7 heteroatoms. The van der Waals surface area contributed by atoms with Crippen molar-refractivity contribution in [3.8, 4) is 0 Å². The van der Waals surface area contributed by atoms with Crippen LogP contribution in [0.5, 0.6) is 0 Å². The molecule has 1 aromatic rings. The number of nitrogens with one attached hydrogen (secondary N) is 1. The lowest BCUT2D eigenvalue weighted by atomic mass is 10.1. The molecule has 1 aliphatic rings. The van der Waals surface area contributed by atoms with Gasteiger partial charge in [-0.1, -0.05) is 6.92 Å². The maximum atomic E-state index is 12.4. The second-order valence-corrected chi connectivity index (χ2v) is 7.37. The van der Waals surface area contributed by atoms with Gasteiger partial charge in [0.15, 0.2) is 0 Å². The van der Waals surface area contributed by atoms with Gasteiger partial charge in [-0.25, -0.2) is 4.79 Å². The number of anilines is 1. The van der Waals surface area contributed by atoms with Crippen molar-refractivity contribution in [2.75, 3.05) is 51.7 Å². The van der Waals surface area contributed by atoms with E-state index in [0.29, 0.717) is 17.1 Å². The standard InChI is InChI=1S/C17H27N3O3S/c1-5-6-19-7-9-20(10-8-19)11-14(21)18-16-15(17(22)23-4)12(2)13(3)24-16/h5-11H2,1-4H3,(H,18,21). The molecule has 1 amide bonds. The molecule has 0 aromatic carbocycles. The average Bonchev–Trinajstić information content (AvgIpc) is 2.83. The zero-order valence-corrected chi connectivity index (χ0v) is 15.8. The number of carbonyl (C=O) groups excluding carboxylic acids is 2. The average molecular weight is 353 g/mol. The lowest BCUT2D eigenvalue weighted by Gasteiger charge is -2.34. The minimum absolute atomic E-state index is 0.0784. The molecule has 2 rings (SSSR count). The van der Waals surface area contributed by atoms with E-state index in [1.165, 1.54) is 18.4 Å². The van der Waals surface area contributed by atoms with Gasteiger partial charge in [0.25, 0.3) is 0 Å². The van der Waals surface area contributed by atoms with Crippen LogP contribution in [-0.4, -0.2) is 68.1 Å². The summed E-state index contributed by atoms with van der Waals surface area (Å²) in [6.45, 7) is 11.3. The van der Waals surface area contributed by atoms with Gasteiger partial charge in [0, 0.05) is 31.1 Å². The lowest BCUT2D eigenvalue weighted by molar-refractivity contribution is -0.117. The predicted molar refractivity (Wildman–Crippen MR) is 96.9 cm³/mol. The second kappa shape index (κ2) is 8.60. The van der Waals surface area contributed by atoms with E-state index in [2.05, 4.69) is 22.0 Å². The number of esters is 1. The van der Waals surface area contributed by atoms with E-state index in [9.17, 15) is 9.59 Å². The molecule has 1 saturated heterocycles. The number of ether oxygens (including phenoxy) is 1. The minimum atomic E-state index is -0.402. The molecular formula is C17H27N3O3S. The van der Waals surface area contributed by atoms with Crippen LogP contribution in [0, 0.1) is 13.8 Å². The van der Waals surface area contributed by atoms with E-state index in [1.54, 1.807) is 0 Å². The van der Waals surface area contributed by atoms with Gasteiger partial charge in [-0.2, -0.15) is 0 Å². The SMILES string of the molecule is CCCN1CCN(CC(=O)Nc2sc(C)c(C)c2C(=O)OC)CC1. The zero-order valence-electron chi connectivity index (χ0n) is 15.0. The summed E-state index contributed by atoms with van der Waals surface area (Å²) in [4.78, 5) is 29.9. The lowest BCUT2D eigenvalue weighted by Crippen LogP contribution is -2.48. The van der Waals surface area contributed by atoms with Gasteiger partial charge < -0.3 is 15.0 Å². The van der Waals surface area contributed by atoms with Crippen molar-refractivity contribution in [3.05, 3.63) is 16.0 Å². The van der Waals surface area contributed by atoms with Gasteiger partial charge in [-0.3, -0.25) is 9.69 Å². The molecule has 0 saturated carbocycles. The highest BCUT2D eigenvalue weighted by atomic mass is 32.1. The van der Waals surface area contributed by atoms with Gasteiger partial charge in [0.1, 0.15) is 5.00 Å². The van der Waals surface area contributed by atoms with Crippen LogP contribution in [0.4, 0.5) is 5.00 Å². The van der Waals surface area contributed by atoms with Crippen molar-refractivity contribution in [1.29, 1.82) is 0 Å². The van der Waals surface area contributed by atoms with Crippen molar-refractivity contribution >= 4 is 28.2 Å². The van der Waals surface area contributed by atoms with Crippen LogP contribution in [0.25, 0.3) is 0 Å². The monoisotopic (exact) mass is 353 g/mol. The Bertz CT molecular complexity index is 592. The molecule has 0 atom stereocenters. The molecule has 1 fully saturated rings. The van der Waals surface area contributed by atoms with Crippen molar-refractivity contribution in [3.63, 3.8) is 0 Å².